The Bertz CT molecular complexity index is 1160. The summed E-state index contributed by atoms with van der Waals surface area (Å²) >= 11 is 0. The Morgan fingerprint density at radius 1 is 1.06 bits per heavy atom. The second kappa shape index (κ2) is 8.07. The number of anilines is 1. The van der Waals surface area contributed by atoms with E-state index in [1.165, 1.54) is 11.2 Å². The highest BCUT2D eigenvalue weighted by Crippen LogP contribution is 2.43. The summed E-state index contributed by atoms with van der Waals surface area (Å²) in [6, 6.07) is 15.2. The van der Waals surface area contributed by atoms with E-state index in [0.29, 0.717) is 22.7 Å². The molecule has 4 rings (SSSR count). The highest BCUT2D eigenvalue weighted by atomic mass is 16.5. The number of hydrogen-bond donors (Lipinski definition) is 0. The van der Waals surface area contributed by atoms with Crippen molar-refractivity contribution in [3.63, 3.8) is 0 Å². The van der Waals surface area contributed by atoms with Crippen LogP contribution in [0.2, 0.25) is 0 Å². The minimum atomic E-state index is -1.11. The standard InChI is InChI=1S/C25H24N2O5/c1-25(2,3)23(29)20-21(16-6-5-7-18(14-16)31-4)27(24(30)22(20)28)17-10-8-15(9-11-17)19-12-13-32-26-19/h5-14,20-21H,1-4H3. The fraction of sp³-hybridized carbons (Fsp3) is 0.280. The van der Waals surface area contributed by atoms with Gasteiger partial charge in [-0.25, -0.2) is 0 Å². The molecule has 1 aliphatic heterocycles. The summed E-state index contributed by atoms with van der Waals surface area (Å²) in [5.74, 6) is -2.19. The molecular formula is C25H24N2O5. The van der Waals surface area contributed by atoms with Gasteiger partial charge in [0.1, 0.15) is 23.6 Å². The fourth-order valence-electron chi connectivity index (χ4n) is 4.00. The van der Waals surface area contributed by atoms with Gasteiger partial charge in [0.15, 0.2) is 5.78 Å². The topological polar surface area (TPSA) is 89.7 Å². The molecule has 1 aliphatic rings. The molecule has 1 amide bonds. The summed E-state index contributed by atoms with van der Waals surface area (Å²) in [5, 5.41) is 3.92. The van der Waals surface area contributed by atoms with E-state index >= 15 is 0 Å². The lowest BCUT2D eigenvalue weighted by molar-refractivity contribution is -0.141. The maximum absolute atomic E-state index is 13.3. The summed E-state index contributed by atoms with van der Waals surface area (Å²) < 4.78 is 10.2. The van der Waals surface area contributed by atoms with Crippen LogP contribution in [0.15, 0.2) is 65.4 Å². The molecule has 3 aromatic rings. The number of rotatable bonds is 5. The number of aromatic nitrogens is 1. The molecule has 7 heteroatoms. The van der Waals surface area contributed by atoms with Crippen molar-refractivity contribution < 1.29 is 23.6 Å². The smallest absolute Gasteiger partial charge is 0.295 e. The highest BCUT2D eigenvalue weighted by Gasteiger charge is 2.54. The molecule has 2 heterocycles. The molecule has 2 aromatic carbocycles. The Labute approximate surface area is 186 Å². The van der Waals surface area contributed by atoms with E-state index in [2.05, 4.69) is 5.16 Å². The predicted molar refractivity (Wildman–Crippen MR) is 118 cm³/mol. The Morgan fingerprint density at radius 3 is 2.38 bits per heavy atom. The van der Waals surface area contributed by atoms with Gasteiger partial charge in [-0.2, -0.15) is 0 Å². The zero-order chi connectivity index (χ0) is 23.0. The molecule has 0 bridgehead atoms. The molecule has 2 atom stereocenters. The van der Waals surface area contributed by atoms with E-state index in [0.717, 1.165) is 5.56 Å². The Hall–Kier alpha value is -3.74. The SMILES string of the molecule is COc1cccc(C2C(C(=O)C(C)(C)C)C(=O)C(=O)N2c2ccc(-c3ccon3)cc2)c1. The summed E-state index contributed by atoms with van der Waals surface area (Å²) in [6.07, 6.45) is 1.48. The number of carbonyl (C=O) groups excluding carboxylic acids is 3. The van der Waals surface area contributed by atoms with Gasteiger partial charge in [0.2, 0.25) is 5.78 Å². The van der Waals surface area contributed by atoms with Crippen LogP contribution in [0.25, 0.3) is 11.3 Å². The minimum Gasteiger partial charge on any atom is -0.497 e. The second-order valence-electron chi connectivity index (χ2n) is 8.78. The average molecular weight is 432 g/mol. The number of methoxy groups -OCH3 is 1. The molecule has 0 radical (unpaired) electrons. The van der Waals surface area contributed by atoms with Crippen LogP contribution in [-0.4, -0.2) is 29.7 Å². The van der Waals surface area contributed by atoms with Crippen molar-refractivity contribution in [2.24, 2.45) is 11.3 Å². The molecule has 1 saturated heterocycles. The largest absolute Gasteiger partial charge is 0.497 e. The van der Waals surface area contributed by atoms with Crippen LogP contribution in [0.4, 0.5) is 5.69 Å². The Kier molecular flexibility index (Phi) is 5.42. The number of benzene rings is 2. The van der Waals surface area contributed by atoms with Gasteiger partial charge in [-0.1, -0.05) is 50.2 Å². The van der Waals surface area contributed by atoms with Gasteiger partial charge in [-0.15, -0.1) is 0 Å². The van der Waals surface area contributed by atoms with Crippen LogP contribution in [0, 0.1) is 11.3 Å². The van der Waals surface area contributed by atoms with E-state index in [-0.39, 0.29) is 5.78 Å². The molecule has 0 saturated carbocycles. The molecule has 0 spiro atoms. The molecule has 32 heavy (non-hydrogen) atoms. The van der Waals surface area contributed by atoms with E-state index in [1.807, 2.05) is 0 Å². The number of amides is 1. The van der Waals surface area contributed by atoms with Crippen LogP contribution in [0.1, 0.15) is 32.4 Å². The molecule has 0 aliphatic carbocycles. The Morgan fingerprint density at radius 2 is 1.78 bits per heavy atom. The molecule has 1 fully saturated rings. The second-order valence-corrected chi connectivity index (χ2v) is 8.78. The van der Waals surface area contributed by atoms with Crippen LogP contribution in [0.5, 0.6) is 5.75 Å². The van der Waals surface area contributed by atoms with E-state index < -0.39 is 29.1 Å². The number of Topliss-reactive ketones (excluding diaryl/α,β-unsaturated/α-hetero) is 2. The van der Waals surface area contributed by atoms with Crippen molar-refractivity contribution in [2.75, 3.05) is 12.0 Å². The summed E-state index contributed by atoms with van der Waals surface area (Å²) in [6.45, 7) is 5.27. The van der Waals surface area contributed by atoms with Gasteiger partial charge in [0, 0.05) is 22.7 Å². The minimum absolute atomic E-state index is 0.273. The zero-order valence-corrected chi connectivity index (χ0v) is 18.4. The van der Waals surface area contributed by atoms with E-state index in [9.17, 15) is 14.4 Å². The van der Waals surface area contributed by atoms with E-state index in [4.69, 9.17) is 9.26 Å². The van der Waals surface area contributed by atoms with Crippen molar-refractivity contribution in [1.29, 1.82) is 0 Å². The zero-order valence-electron chi connectivity index (χ0n) is 18.4. The molecular weight excluding hydrogens is 408 g/mol. The van der Waals surface area contributed by atoms with Crippen molar-refractivity contribution in [1.82, 2.24) is 5.16 Å². The van der Waals surface area contributed by atoms with E-state index in [1.54, 1.807) is 82.5 Å². The molecule has 0 N–H and O–H groups in total. The van der Waals surface area contributed by atoms with Gasteiger partial charge >= 0.3 is 0 Å². The van der Waals surface area contributed by atoms with Crippen LogP contribution in [-0.2, 0) is 14.4 Å². The molecule has 1 aromatic heterocycles. The van der Waals surface area contributed by atoms with Gasteiger partial charge < -0.3 is 9.26 Å². The monoisotopic (exact) mass is 432 g/mol. The number of ketones is 2. The normalized spacial score (nSPS) is 18.8. The maximum atomic E-state index is 13.3. The highest BCUT2D eigenvalue weighted by molar-refractivity contribution is 6.48. The molecule has 2 unspecified atom stereocenters. The van der Waals surface area contributed by atoms with Gasteiger partial charge in [-0.05, 0) is 29.8 Å². The van der Waals surface area contributed by atoms with Crippen molar-refractivity contribution in [2.45, 2.75) is 26.8 Å². The van der Waals surface area contributed by atoms with Crippen LogP contribution < -0.4 is 9.64 Å². The molecule has 7 nitrogen and oxygen atoms in total. The average Bonchev–Trinajstić information content (AvgIpc) is 3.40. The maximum Gasteiger partial charge on any atom is 0.295 e. The fourth-order valence-corrected chi connectivity index (χ4v) is 4.00. The first kappa shape index (κ1) is 21.5. The van der Waals surface area contributed by atoms with Crippen molar-refractivity contribution >= 4 is 23.2 Å². The van der Waals surface area contributed by atoms with Gasteiger partial charge in [0.05, 0.1) is 13.2 Å². The first-order valence-electron chi connectivity index (χ1n) is 10.3. The first-order valence-corrected chi connectivity index (χ1v) is 10.3. The summed E-state index contributed by atoms with van der Waals surface area (Å²) in [7, 11) is 1.54. The third-order valence-electron chi connectivity index (χ3n) is 5.64. The van der Waals surface area contributed by atoms with Gasteiger partial charge in [-0.3, -0.25) is 19.3 Å². The molecule has 164 valence electrons. The Balaban J connectivity index is 1.82. The number of ether oxygens (including phenoxy) is 1. The lowest BCUT2D eigenvalue weighted by Crippen LogP contribution is -2.35. The summed E-state index contributed by atoms with van der Waals surface area (Å²) in [4.78, 5) is 41.0. The predicted octanol–water partition coefficient (Wildman–Crippen LogP) is 4.24. The number of nitrogens with zero attached hydrogens (tertiary/aromatic N) is 2. The number of carbonyl (C=O) groups is 3. The third-order valence-corrected chi connectivity index (χ3v) is 5.64. The lowest BCUT2D eigenvalue weighted by Gasteiger charge is -2.30. The third kappa shape index (κ3) is 3.70. The van der Waals surface area contributed by atoms with Gasteiger partial charge in [0.25, 0.3) is 5.91 Å². The quantitative estimate of drug-likeness (QED) is 0.443. The first-order chi connectivity index (χ1) is 15.2. The van der Waals surface area contributed by atoms with Crippen molar-refractivity contribution in [3.8, 4) is 17.0 Å². The lowest BCUT2D eigenvalue weighted by atomic mass is 9.77. The van der Waals surface area contributed by atoms with Crippen molar-refractivity contribution in [3.05, 3.63) is 66.4 Å². The van der Waals surface area contributed by atoms with Crippen LogP contribution >= 0.6 is 0 Å². The van der Waals surface area contributed by atoms with Crippen LogP contribution in [0.3, 0.4) is 0 Å². The number of hydrogen-bond acceptors (Lipinski definition) is 6. The summed E-state index contributed by atoms with van der Waals surface area (Å²) in [5.41, 5.74) is 1.86.